The molecule has 0 N–H and O–H groups in total. The molecule has 0 saturated heterocycles. The molecule has 0 spiro atoms. The SMILES string of the molecule is [C-]#[N+]Cc1cn(CC(=O)OC(C)(C)C)c2cccc([N+](=O)[O-])c12. The van der Waals surface area contributed by atoms with Crippen LogP contribution in [0, 0.1) is 16.7 Å². The van der Waals surface area contributed by atoms with Gasteiger partial charge in [-0.3, -0.25) is 14.9 Å². The number of carbonyl (C=O) groups excluding carboxylic acids is 1. The van der Waals surface area contributed by atoms with Crippen LogP contribution in [0.15, 0.2) is 24.4 Å². The first-order chi connectivity index (χ1) is 10.7. The van der Waals surface area contributed by atoms with Gasteiger partial charge in [-0.1, -0.05) is 6.07 Å². The molecule has 7 nitrogen and oxygen atoms in total. The largest absolute Gasteiger partial charge is 0.459 e. The molecular weight excluding hydrogens is 298 g/mol. The molecule has 0 amide bonds. The molecule has 120 valence electrons. The molecule has 0 saturated carbocycles. The molecule has 0 fully saturated rings. The van der Waals surface area contributed by atoms with Crippen molar-refractivity contribution >= 4 is 22.6 Å². The van der Waals surface area contributed by atoms with Gasteiger partial charge in [0.1, 0.15) is 12.1 Å². The molecule has 0 bridgehead atoms. The van der Waals surface area contributed by atoms with E-state index in [-0.39, 0.29) is 18.8 Å². The zero-order chi connectivity index (χ0) is 17.2. The number of non-ortho nitro benzene ring substituents is 1. The summed E-state index contributed by atoms with van der Waals surface area (Å²) in [4.78, 5) is 26.1. The van der Waals surface area contributed by atoms with Crippen LogP contribution in [0.3, 0.4) is 0 Å². The molecular formula is C16H17N3O4. The average Bonchev–Trinajstić information content (AvgIpc) is 2.75. The topological polar surface area (TPSA) is 78.7 Å². The molecule has 1 aromatic carbocycles. The van der Waals surface area contributed by atoms with Crippen LogP contribution in [0.25, 0.3) is 15.7 Å². The maximum atomic E-state index is 12.0. The molecule has 0 atom stereocenters. The van der Waals surface area contributed by atoms with Crippen molar-refractivity contribution in [1.29, 1.82) is 0 Å². The number of hydrogen-bond donors (Lipinski definition) is 0. The van der Waals surface area contributed by atoms with Crippen molar-refractivity contribution in [2.75, 3.05) is 0 Å². The lowest BCUT2D eigenvalue weighted by Crippen LogP contribution is -2.26. The number of carbonyl (C=O) groups is 1. The highest BCUT2D eigenvalue weighted by atomic mass is 16.6. The summed E-state index contributed by atoms with van der Waals surface area (Å²) in [7, 11) is 0. The number of esters is 1. The Balaban J connectivity index is 2.50. The number of nitro benzene ring substituents is 1. The molecule has 2 aromatic rings. The maximum Gasteiger partial charge on any atom is 0.326 e. The van der Waals surface area contributed by atoms with Gasteiger partial charge in [0.05, 0.1) is 21.4 Å². The highest BCUT2D eigenvalue weighted by molar-refractivity contribution is 5.93. The second-order valence-corrected chi connectivity index (χ2v) is 6.11. The molecule has 1 aromatic heterocycles. The lowest BCUT2D eigenvalue weighted by molar-refractivity contribution is -0.383. The number of fused-ring (bicyclic) bond motifs is 1. The van der Waals surface area contributed by atoms with Crippen molar-refractivity contribution in [3.05, 3.63) is 51.5 Å². The Morgan fingerprint density at radius 3 is 2.70 bits per heavy atom. The van der Waals surface area contributed by atoms with Gasteiger partial charge in [0.2, 0.25) is 6.54 Å². The van der Waals surface area contributed by atoms with Gasteiger partial charge in [0.25, 0.3) is 5.69 Å². The Morgan fingerprint density at radius 1 is 1.43 bits per heavy atom. The Hall–Kier alpha value is -2.88. The van der Waals surface area contributed by atoms with Crippen LogP contribution in [-0.2, 0) is 22.6 Å². The maximum absolute atomic E-state index is 12.0. The number of aromatic nitrogens is 1. The minimum atomic E-state index is -0.606. The third-order valence-electron chi connectivity index (χ3n) is 3.13. The van der Waals surface area contributed by atoms with E-state index in [4.69, 9.17) is 11.3 Å². The molecule has 0 unspecified atom stereocenters. The van der Waals surface area contributed by atoms with Crippen molar-refractivity contribution in [2.24, 2.45) is 0 Å². The monoisotopic (exact) mass is 315 g/mol. The summed E-state index contributed by atoms with van der Waals surface area (Å²) in [5.74, 6) is -0.435. The van der Waals surface area contributed by atoms with Gasteiger partial charge in [-0.15, -0.1) is 0 Å². The summed E-state index contributed by atoms with van der Waals surface area (Å²) in [6.07, 6.45) is 1.61. The van der Waals surface area contributed by atoms with E-state index < -0.39 is 16.5 Å². The summed E-state index contributed by atoms with van der Waals surface area (Å²) >= 11 is 0. The van der Waals surface area contributed by atoms with E-state index in [9.17, 15) is 14.9 Å². The van der Waals surface area contributed by atoms with Crippen LogP contribution >= 0.6 is 0 Å². The van der Waals surface area contributed by atoms with Gasteiger partial charge >= 0.3 is 5.97 Å². The van der Waals surface area contributed by atoms with Crippen molar-refractivity contribution in [3.8, 4) is 0 Å². The van der Waals surface area contributed by atoms with Crippen LogP contribution < -0.4 is 0 Å². The van der Waals surface area contributed by atoms with Crippen molar-refractivity contribution in [1.82, 2.24) is 4.57 Å². The first-order valence-electron chi connectivity index (χ1n) is 7.03. The highest BCUT2D eigenvalue weighted by Crippen LogP contribution is 2.31. The second kappa shape index (κ2) is 6.08. The van der Waals surface area contributed by atoms with Crippen LogP contribution in [0.2, 0.25) is 0 Å². The molecule has 1 heterocycles. The summed E-state index contributed by atoms with van der Waals surface area (Å²) < 4.78 is 6.88. The number of benzene rings is 1. The predicted octanol–water partition coefficient (Wildman–Crippen LogP) is 3.31. The van der Waals surface area contributed by atoms with Crippen molar-refractivity contribution in [3.63, 3.8) is 0 Å². The third kappa shape index (κ3) is 3.66. The van der Waals surface area contributed by atoms with Crippen LogP contribution in [0.5, 0.6) is 0 Å². The van der Waals surface area contributed by atoms with E-state index in [2.05, 4.69) is 4.85 Å². The first kappa shape index (κ1) is 16.5. The van der Waals surface area contributed by atoms with Gasteiger partial charge < -0.3 is 14.1 Å². The lowest BCUT2D eigenvalue weighted by Gasteiger charge is -2.19. The smallest absolute Gasteiger partial charge is 0.326 e. The Labute approximate surface area is 133 Å². The summed E-state index contributed by atoms with van der Waals surface area (Å²) in [6, 6.07) is 4.65. The predicted molar refractivity (Wildman–Crippen MR) is 84.7 cm³/mol. The number of rotatable bonds is 4. The fourth-order valence-electron chi connectivity index (χ4n) is 2.42. The molecule has 0 aliphatic carbocycles. The van der Waals surface area contributed by atoms with Gasteiger partial charge in [-0.25, -0.2) is 6.57 Å². The fourth-order valence-corrected chi connectivity index (χ4v) is 2.42. The summed E-state index contributed by atoms with van der Waals surface area (Å²) in [5, 5.41) is 11.6. The Kier molecular flexibility index (Phi) is 4.36. The minimum absolute atomic E-state index is 0.0165. The normalized spacial score (nSPS) is 11.2. The van der Waals surface area contributed by atoms with Crippen LogP contribution in [0.4, 0.5) is 5.69 Å². The van der Waals surface area contributed by atoms with Gasteiger partial charge in [0.15, 0.2) is 0 Å². The standard InChI is InChI=1S/C16H17N3O4/c1-16(2,3)23-14(20)10-18-9-11(8-17-4)15-12(18)6-5-7-13(15)19(21)22/h5-7,9H,8,10H2,1-3H3. The third-order valence-corrected chi connectivity index (χ3v) is 3.13. The number of hydrogen-bond acceptors (Lipinski definition) is 4. The summed E-state index contributed by atoms with van der Waals surface area (Å²) in [5.41, 5.74) is 0.407. The molecule has 7 heteroatoms. The highest BCUT2D eigenvalue weighted by Gasteiger charge is 2.23. The number of ether oxygens (including phenoxy) is 1. The van der Waals surface area contributed by atoms with E-state index in [0.29, 0.717) is 16.5 Å². The molecule has 0 radical (unpaired) electrons. The molecule has 23 heavy (non-hydrogen) atoms. The summed E-state index contributed by atoms with van der Waals surface area (Å²) in [6.45, 7) is 12.3. The van der Waals surface area contributed by atoms with Crippen molar-refractivity contribution in [2.45, 2.75) is 39.5 Å². The molecule has 2 rings (SSSR count). The second-order valence-electron chi connectivity index (χ2n) is 6.11. The first-order valence-corrected chi connectivity index (χ1v) is 7.03. The van der Waals surface area contributed by atoms with E-state index in [1.165, 1.54) is 6.07 Å². The quantitative estimate of drug-likeness (QED) is 0.375. The average molecular weight is 315 g/mol. The Bertz CT molecular complexity index is 809. The van der Waals surface area contributed by atoms with E-state index in [0.717, 1.165) is 0 Å². The zero-order valence-corrected chi connectivity index (χ0v) is 13.2. The lowest BCUT2D eigenvalue weighted by atomic mass is 10.1. The van der Waals surface area contributed by atoms with E-state index in [1.807, 2.05) is 0 Å². The number of nitrogens with zero attached hydrogens (tertiary/aromatic N) is 3. The molecule has 0 aliphatic rings. The van der Waals surface area contributed by atoms with Gasteiger partial charge in [0, 0.05) is 12.3 Å². The minimum Gasteiger partial charge on any atom is -0.459 e. The van der Waals surface area contributed by atoms with Crippen LogP contribution in [0.1, 0.15) is 26.3 Å². The fraction of sp³-hybridized carbons (Fsp3) is 0.375. The Morgan fingerprint density at radius 2 is 2.13 bits per heavy atom. The van der Waals surface area contributed by atoms with Crippen LogP contribution in [-0.4, -0.2) is 21.1 Å². The zero-order valence-electron chi connectivity index (χ0n) is 13.2. The van der Waals surface area contributed by atoms with Gasteiger partial charge in [-0.2, -0.15) is 0 Å². The number of nitro groups is 1. The van der Waals surface area contributed by atoms with Gasteiger partial charge in [-0.05, 0) is 26.8 Å². The molecule has 0 aliphatic heterocycles. The van der Waals surface area contributed by atoms with E-state index >= 15 is 0 Å². The van der Waals surface area contributed by atoms with Crippen molar-refractivity contribution < 1.29 is 14.5 Å². The van der Waals surface area contributed by atoms with E-state index in [1.54, 1.807) is 43.7 Å².